The number of ketones is 1. The second kappa shape index (κ2) is 8.34. The third kappa shape index (κ3) is 4.47. The highest BCUT2D eigenvalue weighted by molar-refractivity contribution is 6.32. The molecule has 23 heavy (non-hydrogen) atoms. The number of benzene rings is 1. The van der Waals surface area contributed by atoms with E-state index in [1.165, 1.54) is 17.7 Å². The molecule has 0 aliphatic carbocycles. The predicted molar refractivity (Wildman–Crippen MR) is 88.6 cm³/mol. The summed E-state index contributed by atoms with van der Waals surface area (Å²) in [7, 11) is 0. The number of ether oxygens (including phenoxy) is 2. The van der Waals surface area contributed by atoms with E-state index in [0.29, 0.717) is 6.61 Å². The zero-order chi connectivity index (χ0) is 16.8. The van der Waals surface area contributed by atoms with Crippen molar-refractivity contribution >= 4 is 17.4 Å². The summed E-state index contributed by atoms with van der Waals surface area (Å²) in [5, 5.41) is -0.146. The van der Waals surface area contributed by atoms with Crippen molar-refractivity contribution in [1.29, 1.82) is 0 Å². The van der Waals surface area contributed by atoms with Gasteiger partial charge in [-0.1, -0.05) is 24.9 Å². The van der Waals surface area contributed by atoms with Gasteiger partial charge in [-0.15, -0.1) is 0 Å². The zero-order valence-corrected chi connectivity index (χ0v) is 14.3. The number of hydrogen-bond acceptors (Lipinski definition) is 3. The number of Topliss-reactive ketones (excluding diaryl/α,β-unsaturated/α-hetero) is 1. The lowest BCUT2D eigenvalue weighted by molar-refractivity contribution is 0.0780. The Morgan fingerprint density at radius 3 is 2.83 bits per heavy atom. The average Bonchev–Trinajstić information content (AvgIpc) is 2.54. The molecule has 1 aliphatic heterocycles. The van der Waals surface area contributed by atoms with Crippen LogP contribution in [0, 0.1) is 5.82 Å². The minimum absolute atomic E-state index is 0.00890. The quantitative estimate of drug-likeness (QED) is 0.631. The van der Waals surface area contributed by atoms with Crippen molar-refractivity contribution in [3.63, 3.8) is 0 Å². The number of carbonyl (C=O) groups excluding carboxylic acids is 1. The van der Waals surface area contributed by atoms with Crippen LogP contribution in [-0.2, 0) is 4.74 Å². The van der Waals surface area contributed by atoms with E-state index in [4.69, 9.17) is 21.1 Å². The Bertz CT molecular complexity index is 598. The molecule has 1 atom stereocenters. The fourth-order valence-electron chi connectivity index (χ4n) is 2.65. The zero-order valence-electron chi connectivity index (χ0n) is 13.5. The van der Waals surface area contributed by atoms with Crippen molar-refractivity contribution in [1.82, 2.24) is 0 Å². The van der Waals surface area contributed by atoms with Crippen LogP contribution in [0.2, 0.25) is 5.02 Å². The number of carbonyl (C=O) groups is 1. The van der Waals surface area contributed by atoms with Gasteiger partial charge in [0.1, 0.15) is 16.9 Å². The highest BCUT2D eigenvalue weighted by Crippen LogP contribution is 2.31. The van der Waals surface area contributed by atoms with E-state index in [0.717, 1.165) is 25.7 Å². The van der Waals surface area contributed by atoms with Gasteiger partial charge in [0, 0.05) is 6.42 Å². The number of hydrogen-bond donors (Lipinski definition) is 0. The lowest BCUT2D eigenvalue weighted by Gasteiger charge is -2.22. The van der Waals surface area contributed by atoms with Gasteiger partial charge in [-0.2, -0.15) is 0 Å². The Balaban J connectivity index is 2.03. The van der Waals surface area contributed by atoms with E-state index in [-0.39, 0.29) is 34.6 Å². The van der Waals surface area contributed by atoms with Gasteiger partial charge in [-0.3, -0.25) is 4.79 Å². The van der Waals surface area contributed by atoms with Crippen LogP contribution >= 0.6 is 11.6 Å². The first-order chi connectivity index (χ1) is 11.1. The molecule has 1 aromatic carbocycles. The standard InChI is InChI=1S/C18H22ClFO3/c1-3-5-12-6-7-13(23-11-12)10-15(21)14-8-9-16(22-4-2)17(19)18(14)20/h8-9,11,13H,3-7,10H2,1-2H3. The van der Waals surface area contributed by atoms with Gasteiger partial charge in [-0.05, 0) is 43.9 Å². The van der Waals surface area contributed by atoms with E-state index in [1.807, 2.05) is 0 Å². The number of rotatable bonds is 7. The molecule has 0 fully saturated rings. The van der Waals surface area contributed by atoms with Crippen molar-refractivity contribution in [3.05, 3.63) is 40.4 Å². The monoisotopic (exact) mass is 340 g/mol. The van der Waals surface area contributed by atoms with Crippen molar-refractivity contribution < 1.29 is 18.7 Å². The largest absolute Gasteiger partial charge is 0.498 e. The van der Waals surface area contributed by atoms with Crippen LogP contribution in [0.5, 0.6) is 5.75 Å². The maximum Gasteiger partial charge on any atom is 0.169 e. The molecule has 1 aliphatic rings. The molecular formula is C18H22ClFO3. The fraction of sp³-hybridized carbons (Fsp3) is 0.500. The summed E-state index contributed by atoms with van der Waals surface area (Å²) >= 11 is 5.92. The molecule has 1 heterocycles. The SMILES string of the molecule is CCCC1=COC(CC(=O)c2ccc(OCC)c(Cl)c2F)CC1. The molecule has 0 saturated carbocycles. The summed E-state index contributed by atoms with van der Waals surface area (Å²) < 4.78 is 25.1. The Labute approximate surface area is 141 Å². The van der Waals surface area contributed by atoms with Crippen molar-refractivity contribution in [2.75, 3.05) is 6.61 Å². The van der Waals surface area contributed by atoms with Gasteiger partial charge < -0.3 is 9.47 Å². The lowest BCUT2D eigenvalue weighted by atomic mass is 9.97. The van der Waals surface area contributed by atoms with Gasteiger partial charge >= 0.3 is 0 Å². The molecule has 2 rings (SSSR count). The van der Waals surface area contributed by atoms with Crippen LogP contribution in [0.15, 0.2) is 24.0 Å². The Morgan fingerprint density at radius 1 is 1.43 bits per heavy atom. The van der Waals surface area contributed by atoms with E-state index >= 15 is 0 Å². The maximum atomic E-state index is 14.3. The van der Waals surface area contributed by atoms with Crippen LogP contribution in [0.4, 0.5) is 4.39 Å². The van der Waals surface area contributed by atoms with Crippen LogP contribution in [-0.4, -0.2) is 18.5 Å². The van der Waals surface area contributed by atoms with Gasteiger partial charge in [-0.25, -0.2) is 4.39 Å². The van der Waals surface area contributed by atoms with Crippen LogP contribution < -0.4 is 4.74 Å². The molecule has 1 unspecified atom stereocenters. The molecule has 5 heteroatoms. The molecule has 0 aromatic heterocycles. The highest BCUT2D eigenvalue weighted by atomic mass is 35.5. The molecule has 1 aromatic rings. The van der Waals surface area contributed by atoms with Crippen LogP contribution in [0.3, 0.4) is 0 Å². The summed E-state index contributed by atoms with van der Waals surface area (Å²) in [5.74, 6) is -0.769. The second-order valence-electron chi connectivity index (χ2n) is 5.62. The summed E-state index contributed by atoms with van der Waals surface area (Å²) in [5.41, 5.74) is 1.26. The molecule has 0 spiro atoms. The summed E-state index contributed by atoms with van der Waals surface area (Å²) in [6.07, 6.45) is 5.51. The van der Waals surface area contributed by atoms with Gasteiger partial charge in [0.15, 0.2) is 11.6 Å². The predicted octanol–water partition coefficient (Wildman–Crippen LogP) is 5.31. The van der Waals surface area contributed by atoms with E-state index in [2.05, 4.69) is 6.92 Å². The Hall–Kier alpha value is -1.55. The van der Waals surface area contributed by atoms with Crippen molar-refractivity contribution in [2.24, 2.45) is 0 Å². The molecule has 0 amide bonds. The van der Waals surface area contributed by atoms with E-state index < -0.39 is 5.82 Å². The summed E-state index contributed by atoms with van der Waals surface area (Å²) in [6, 6.07) is 2.96. The Morgan fingerprint density at radius 2 is 2.22 bits per heavy atom. The van der Waals surface area contributed by atoms with E-state index in [9.17, 15) is 9.18 Å². The molecule has 0 N–H and O–H groups in total. The van der Waals surface area contributed by atoms with Gasteiger partial charge in [0.05, 0.1) is 18.4 Å². The molecule has 0 radical (unpaired) electrons. The summed E-state index contributed by atoms with van der Waals surface area (Å²) in [4.78, 5) is 12.3. The maximum absolute atomic E-state index is 14.3. The first-order valence-electron chi connectivity index (χ1n) is 8.04. The minimum atomic E-state index is -0.722. The third-order valence-corrected chi connectivity index (χ3v) is 4.20. The van der Waals surface area contributed by atoms with Gasteiger partial charge in [0.25, 0.3) is 0 Å². The van der Waals surface area contributed by atoms with Crippen molar-refractivity contribution in [2.45, 2.75) is 52.1 Å². The topological polar surface area (TPSA) is 35.5 Å². The lowest BCUT2D eigenvalue weighted by Crippen LogP contribution is -2.20. The highest BCUT2D eigenvalue weighted by Gasteiger charge is 2.23. The average molecular weight is 341 g/mol. The minimum Gasteiger partial charge on any atom is -0.498 e. The second-order valence-corrected chi connectivity index (χ2v) is 6.00. The van der Waals surface area contributed by atoms with Crippen LogP contribution in [0.25, 0.3) is 0 Å². The van der Waals surface area contributed by atoms with E-state index in [1.54, 1.807) is 13.2 Å². The molecule has 3 nitrogen and oxygen atoms in total. The molecule has 0 saturated heterocycles. The van der Waals surface area contributed by atoms with Crippen molar-refractivity contribution in [3.8, 4) is 5.75 Å². The fourth-order valence-corrected chi connectivity index (χ4v) is 2.87. The Kier molecular flexibility index (Phi) is 6.46. The summed E-state index contributed by atoms with van der Waals surface area (Å²) in [6.45, 7) is 4.29. The first-order valence-corrected chi connectivity index (χ1v) is 8.41. The first kappa shape index (κ1) is 17.8. The van der Waals surface area contributed by atoms with Gasteiger partial charge in [0.2, 0.25) is 0 Å². The molecule has 0 bridgehead atoms. The molecule has 126 valence electrons. The smallest absolute Gasteiger partial charge is 0.169 e. The van der Waals surface area contributed by atoms with Crippen LogP contribution in [0.1, 0.15) is 56.3 Å². The number of halogens is 2. The third-order valence-electron chi connectivity index (χ3n) is 3.85. The normalized spacial score (nSPS) is 17.4. The number of allylic oxidation sites excluding steroid dienone is 1. The molecular weight excluding hydrogens is 319 g/mol.